The van der Waals surface area contributed by atoms with Crippen LogP contribution in [0.15, 0.2) is 34.8 Å². The molecule has 3 N–H and O–H groups in total. The minimum atomic E-state index is -2.71. The van der Waals surface area contributed by atoms with E-state index in [1.54, 1.807) is 25.1 Å². The molecule has 214 valence electrons. The van der Waals surface area contributed by atoms with E-state index in [-0.39, 0.29) is 35.5 Å². The van der Waals surface area contributed by atoms with Gasteiger partial charge in [0.25, 0.3) is 5.91 Å². The zero-order valence-electron chi connectivity index (χ0n) is 23.4. The number of allylic oxidation sites excluding steroid dienone is 1. The van der Waals surface area contributed by atoms with Crippen molar-refractivity contribution in [3.8, 4) is 5.75 Å². The van der Waals surface area contributed by atoms with Crippen LogP contribution in [0.2, 0.25) is 0 Å². The number of anilines is 1. The summed E-state index contributed by atoms with van der Waals surface area (Å²) in [6, 6.07) is 2.40. The maximum Gasteiger partial charge on any atom is 0.307 e. The van der Waals surface area contributed by atoms with Crippen molar-refractivity contribution in [2.45, 2.75) is 38.3 Å². The van der Waals surface area contributed by atoms with Crippen molar-refractivity contribution in [2.24, 2.45) is 11.8 Å². The molecular formula is C28H33N3O9. The molecule has 0 spiro atoms. The first kappa shape index (κ1) is 29.0. The van der Waals surface area contributed by atoms with Crippen molar-refractivity contribution in [1.82, 2.24) is 10.2 Å². The smallest absolute Gasteiger partial charge is 0.307 e. The molecule has 0 radical (unpaired) electrons. The number of imide groups is 1. The number of nitrogens with one attached hydrogen (secondary N) is 1. The number of fused-ring (bicyclic) bond motifs is 3. The predicted octanol–water partition coefficient (Wildman–Crippen LogP) is 0.672. The Morgan fingerprint density at radius 1 is 1.10 bits per heavy atom. The molecule has 4 rings (SSSR count). The normalized spacial score (nSPS) is 25.7. The minimum Gasteiger partial charge on any atom is -0.508 e. The van der Waals surface area contributed by atoms with Crippen LogP contribution >= 0.6 is 0 Å². The summed E-state index contributed by atoms with van der Waals surface area (Å²) in [5.41, 5.74) is -1.96. The summed E-state index contributed by atoms with van der Waals surface area (Å²) in [6.45, 7) is 2.14. The van der Waals surface area contributed by atoms with Crippen LogP contribution in [0.4, 0.5) is 5.69 Å². The summed E-state index contributed by atoms with van der Waals surface area (Å²) >= 11 is 0. The van der Waals surface area contributed by atoms with Gasteiger partial charge < -0.3 is 24.6 Å². The highest BCUT2D eigenvalue weighted by atomic mass is 16.5. The van der Waals surface area contributed by atoms with Crippen LogP contribution in [0.3, 0.4) is 0 Å². The number of hydrogen-bond acceptors (Lipinski definition) is 11. The second-order valence-corrected chi connectivity index (χ2v) is 10.7. The summed E-state index contributed by atoms with van der Waals surface area (Å²) in [6.07, 6.45) is 0.322. The third-order valence-electron chi connectivity index (χ3n) is 7.77. The van der Waals surface area contributed by atoms with Gasteiger partial charge in [0, 0.05) is 45.1 Å². The summed E-state index contributed by atoms with van der Waals surface area (Å²) in [7, 11) is 8.27. The van der Waals surface area contributed by atoms with Crippen molar-refractivity contribution in [3.05, 3.63) is 45.9 Å². The largest absolute Gasteiger partial charge is 0.508 e. The number of ketones is 2. The first-order valence-corrected chi connectivity index (χ1v) is 12.7. The van der Waals surface area contributed by atoms with Crippen LogP contribution in [-0.4, -0.2) is 91.4 Å². The van der Waals surface area contributed by atoms with Crippen molar-refractivity contribution in [3.63, 3.8) is 0 Å². The highest BCUT2D eigenvalue weighted by Crippen LogP contribution is 2.53. The van der Waals surface area contributed by atoms with Gasteiger partial charge in [-0.1, -0.05) is 0 Å². The predicted molar refractivity (Wildman–Crippen MR) is 142 cm³/mol. The van der Waals surface area contributed by atoms with Crippen LogP contribution in [-0.2, 0) is 30.3 Å². The highest BCUT2D eigenvalue weighted by Gasteiger charge is 2.64. The van der Waals surface area contributed by atoms with Gasteiger partial charge in [-0.2, -0.15) is 0 Å². The van der Waals surface area contributed by atoms with Crippen molar-refractivity contribution in [2.75, 3.05) is 40.2 Å². The fourth-order valence-electron chi connectivity index (χ4n) is 6.25. The van der Waals surface area contributed by atoms with Gasteiger partial charge in [-0.3, -0.25) is 34.2 Å². The van der Waals surface area contributed by atoms with Gasteiger partial charge in [-0.05, 0) is 50.6 Å². The zero-order chi connectivity index (χ0) is 29.8. The first-order chi connectivity index (χ1) is 18.7. The number of aliphatic hydroxyl groups excluding tert-OH is 1. The fraction of sp³-hybridized carbons (Fsp3) is 0.464. The van der Waals surface area contributed by atoms with Crippen LogP contribution < -0.4 is 15.0 Å². The number of esters is 1. The molecule has 3 aliphatic rings. The molecule has 0 saturated heterocycles. The van der Waals surface area contributed by atoms with Gasteiger partial charge in [0.2, 0.25) is 11.7 Å². The maximum absolute atomic E-state index is 14.0. The number of hydrogen-bond donors (Lipinski definition) is 3. The van der Waals surface area contributed by atoms with E-state index >= 15 is 0 Å². The molecule has 0 unspecified atom stereocenters. The Kier molecular flexibility index (Phi) is 7.37. The van der Waals surface area contributed by atoms with Gasteiger partial charge >= 0.3 is 5.97 Å². The maximum atomic E-state index is 14.0. The molecule has 40 heavy (non-hydrogen) atoms. The van der Waals surface area contributed by atoms with Crippen molar-refractivity contribution < 1.29 is 43.7 Å². The van der Waals surface area contributed by atoms with Crippen LogP contribution in [0.25, 0.3) is 0 Å². The molecule has 12 heteroatoms. The van der Waals surface area contributed by atoms with E-state index in [1.165, 1.54) is 7.11 Å². The van der Waals surface area contributed by atoms with E-state index in [0.717, 1.165) is 19.5 Å². The zero-order valence-corrected chi connectivity index (χ0v) is 23.4. The number of likely N-dealkylation sites (N-methyl/N-ethyl adjacent to an activating group) is 1. The Labute approximate surface area is 231 Å². The van der Waals surface area contributed by atoms with Crippen LogP contribution in [0.1, 0.15) is 36.2 Å². The Bertz CT molecular complexity index is 1410. The third-order valence-corrected chi connectivity index (χ3v) is 7.77. The lowest BCUT2D eigenvalue weighted by atomic mass is 9.58. The number of nitrogens with zero attached hydrogens (tertiary/aromatic N) is 2. The molecule has 1 aromatic rings. The van der Waals surface area contributed by atoms with E-state index in [9.17, 15) is 34.2 Å². The van der Waals surface area contributed by atoms with Gasteiger partial charge in [0.1, 0.15) is 22.8 Å². The summed E-state index contributed by atoms with van der Waals surface area (Å²) < 4.78 is 10.8. The number of benzene rings is 1. The van der Waals surface area contributed by atoms with Gasteiger partial charge in [0.15, 0.2) is 11.4 Å². The Morgan fingerprint density at radius 3 is 2.27 bits per heavy atom. The molecule has 0 heterocycles. The fourth-order valence-corrected chi connectivity index (χ4v) is 6.25. The lowest BCUT2D eigenvalue weighted by Crippen LogP contribution is -2.64. The van der Waals surface area contributed by atoms with E-state index < -0.39 is 64.2 Å². The SMILES string of the molecule is COc1ccc(N(C)C)c2c1C(=O)C1=C(O)[C@]3(O)C(=O)C(C(=O)NC(C)=O)=C(OC(C)=O)[C@@H](N(C)C)[C@@H]3C[C@@H]1C2. The molecule has 0 aromatic heterocycles. The average molecular weight is 556 g/mol. The lowest BCUT2D eigenvalue weighted by molar-refractivity contribution is -0.152. The molecule has 0 fully saturated rings. The lowest BCUT2D eigenvalue weighted by Gasteiger charge is -2.50. The summed E-state index contributed by atoms with van der Waals surface area (Å²) in [4.78, 5) is 68.2. The number of amides is 2. The monoisotopic (exact) mass is 555 g/mol. The highest BCUT2D eigenvalue weighted by molar-refractivity contribution is 6.27. The number of Topliss-reactive ketones (excluding diaryl/α,β-unsaturated/α-hetero) is 2. The number of rotatable bonds is 5. The molecular weight excluding hydrogens is 522 g/mol. The van der Waals surface area contributed by atoms with E-state index in [4.69, 9.17) is 9.47 Å². The van der Waals surface area contributed by atoms with Gasteiger partial charge in [-0.25, -0.2) is 0 Å². The molecule has 3 aliphatic carbocycles. The van der Waals surface area contributed by atoms with Crippen molar-refractivity contribution in [1.29, 1.82) is 0 Å². The van der Waals surface area contributed by atoms with Crippen molar-refractivity contribution >= 4 is 35.0 Å². The number of ether oxygens (including phenoxy) is 2. The number of carbonyl (C=O) groups is 5. The second kappa shape index (κ2) is 10.2. The molecule has 2 amide bonds. The average Bonchev–Trinajstić information content (AvgIpc) is 2.84. The molecule has 0 aliphatic heterocycles. The van der Waals surface area contributed by atoms with Crippen LogP contribution in [0, 0.1) is 11.8 Å². The quantitative estimate of drug-likeness (QED) is 0.346. The standard InChI is InChI=1S/C28H33N3O9/c1-12(32)29-27(37)21-24(40-13(2)33)22(31(5)6)16-11-14-10-15-17(30(3)4)8-9-18(39-7)20(15)23(34)19(14)25(35)28(16,38)26(21)36/h8-9,14,16,22,35,38H,10-11H2,1-7H3,(H,29,32,37)/t14-,16-,22-,28-/m0/s1. The number of carbonyl (C=O) groups excluding carboxylic acids is 5. The van der Waals surface area contributed by atoms with Crippen LogP contribution in [0.5, 0.6) is 5.75 Å². The molecule has 1 aromatic carbocycles. The summed E-state index contributed by atoms with van der Waals surface area (Å²) in [5.74, 6) is -7.36. The number of aliphatic hydroxyl groups is 2. The van der Waals surface area contributed by atoms with E-state index in [1.807, 2.05) is 30.4 Å². The molecule has 12 nitrogen and oxygen atoms in total. The Hall–Kier alpha value is -4.03. The van der Waals surface area contributed by atoms with E-state index in [0.29, 0.717) is 5.56 Å². The van der Waals surface area contributed by atoms with Gasteiger partial charge in [0.05, 0.1) is 18.7 Å². The molecule has 0 saturated carbocycles. The third kappa shape index (κ3) is 4.27. The summed E-state index contributed by atoms with van der Waals surface area (Å²) in [5, 5.41) is 25.6. The molecule has 4 atom stereocenters. The van der Waals surface area contributed by atoms with E-state index in [2.05, 4.69) is 0 Å². The number of methoxy groups -OCH3 is 1. The second-order valence-electron chi connectivity index (χ2n) is 10.7. The van der Waals surface area contributed by atoms with Gasteiger partial charge in [-0.15, -0.1) is 0 Å². The Balaban J connectivity index is 2.00. The first-order valence-electron chi connectivity index (χ1n) is 12.7. The molecule has 0 bridgehead atoms. The minimum absolute atomic E-state index is 0.0338. The Morgan fingerprint density at radius 2 is 1.75 bits per heavy atom. The topological polar surface area (TPSA) is 163 Å².